The highest BCUT2D eigenvalue weighted by Gasteiger charge is 2.11. The molecule has 0 unspecified atom stereocenters. The molecule has 0 amide bonds. The minimum absolute atomic E-state index is 0.117. The molecule has 3 rings (SSSR count). The number of phenols is 1. The summed E-state index contributed by atoms with van der Waals surface area (Å²) in [5.41, 5.74) is 1.67. The normalized spacial score (nSPS) is 10.9. The molecule has 2 N–H and O–H groups in total. The molecule has 0 atom stereocenters. The Morgan fingerprint density at radius 1 is 1.18 bits per heavy atom. The molecule has 0 aliphatic rings. The molecule has 84 valence electrons. The summed E-state index contributed by atoms with van der Waals surface area (Å²) in [7, 11) is 0. The molecular formula is C11H7ClN4O. The van der Waals surface area contributed by atoms with Crippen molar-refractivity contribution >= 4 is 22.6 Å². The van der Waals surface area contributed by atoms with E-state index in [-0.39, 0.29) is 10.9 Å². The first kappa shape index (κ1) is 10.0. The lowest BCUT2D eigenvalue weighted by Gasteiger charge is -2.03. The molecule has 5 nitrogen and oxygen atoms in total. The highest BCUT2D eigenvalue weighted by atomic mass is 35.5. The number of nitrogens with zero attached hydrogens (tertiary/aromatic N) is 3. The monoisotopic (exact) mass is 246 g/mol. The van der Waals surface area contributed by atoms with Crippen molar-refractivity contribution in [3.05, 3.63) is 35.6 Å². The molecular weight excluding hydrogens is 240 g/mol. The fraction of sp³-hybridized carbons (Fsp3) is 0. The average molecular weight is 247 g/mol. The van der Waals surface area contributed by atoms with Gasteiger partial charge in [-0.1, -0.05) is 23.7 Å². The zero-order chi connectivity index (χ0) is 11.8. The van der Waals surface area contributed by atoms with Gasteiger partial charge < -0.3 is 5.11 Å². The first-order valence-corrected chi connectivity index (χ1v) is 5.29. The molecule has 17 heavy (non-hydrogen) atoms. The summed E-state index contributed by atoms with van der Waals surface area (Å²) in [4.78, 5) is 8.39. The van der Waals surface area contributed by atoms with Crippen molar-refractivity contribution in [2.45, 2.75) is 0 Å². The van der Waals surface area contributed by atoms with Crippen LogP contribution in [0.5, 0.6) is 5.75 Å². The molecule has 0 spiro atoms. The van der Waals surface area contributed by atoms with Crippen molar-refractivity contribution in [3.63, 3.8) is 0 Å². The van der Waals surface area contributed by atoms with E-state index in [1.54, 1.807) is 30.5 Å². The summed E-state index contributed by atoms with van der Waals surface area (Å²) in [5, 5.41) is 16.6. The smallest absolute Gasteiger partial charge is 0.165 e. The van der Waals surface area contributed by atoms with Crippen LogP contribution in [0.25, 0.3) is 22.4 Å². The SMILES string of the molecule is Oc1ccccc1-c1nc(Cl)c2n[nH]cc2n1. The number of hydrogen-bond donors (Lipinski definition) is 2. The van der Waals surface area contributed by atoms with E-state index in [4.69, 9.17) is 11.6 Å². The van der Waals surface area contributed by atoms with Gasteiger partial charge in [0.05, 0.1) is 5.56 Å². The van der Waals surface area contributed by atoms with E-state index in [9.17, 15) is 5.11 Å². The van der Waals surface area contributed by atoms with Crippen LogP contribution in [0.1, 0.15) is 0 Å². The van der Waals surface area contributed by atoms with Crippen LogP contribution in [0.2, 0.25) is 5.15 Å². The van der Waals surface area contributed by atoms with E-state index in [1.807, 2.05) is 0 Å². The lowest BCUT2D eigenvalue weighted by Crippen LogP contribution is -1.91. The molecule has 0 aliphatic carbocycles. The van der Waals surface area contributed by atoms with E-state index in [1.165, 1.54) is 0 Å². The number of phenolic OH excluding ortho intramolecular Hbond substituents is 1. The largest absolute Gasteiger partial charge is 0.507 e. The summed E-state index contributed by atoms with van der Waals surface area (Å²) in [6, 6.07) is 6.84. The van der Waals surface area contributed by atoms with Gasteiger partial charge in [-0.15, -0.1) is 0 Å². The molecule has 0 saturated heterocycles. The van der Waals surface area contributed by atoms with Crippen molar-refractivity contribution in [1.29, 1.82) is 0 Å². The number of H-pyrrole nitrogens is 1. The fourth-order valence-electron chi connectivity index (χ4n) is 1.59. The van der Waals surface area contributed by atoms with Crippen LogP contribution >= 0.6 is 11.6 Å². The molecule has 6 heteroatoms. The fourth-order valence-corrected chi connectivity index (χ4v) is 1.81. The molecule has 2 aromatic heterocycles. The van der Waals surface area contributed by atoms with E-state index in [2.05, 4.69) is 20.2 Å². The van der Waals surface area contributed by atoms with Crippen LogP contribution in [0.3, 0.4) is 0 Å². The quantitative estimate of drug-likeness (QED) is 0.647. The zero-order valence-corrected chi connectivity index (χ0v) is 9.31. The molecule has 0 saturated carbocycles. The Hall–Kier alpha value is -2.14. The summed E-state index contributed by atoms with van der Waals surface area (Å²) in [5.74, 6) is 0.494. The molecule has 0 aliphatic heterocycles. The highest BCUT2D eigenvalue weighted by Crippen LogP contribution is 2.28. The van der Waals surface area contributed by atoms with Gasteiger partial charge in [0.25, 0.3) is 0 Å². The van der Waals surface area contributed by atoms with Crippen LogP contribution in [0, 0.1) is 0 Å². The number of aromatic amines is 1. The predicted octanol–water partition coefficient (Wildman–Crippen LogP) is 2.38. The number of aromatic nitrogens is 4. The van der Waals surface area contributed by atoms with Crippen molar-refractivity contribution < 1.29 is 5.11 Å². The van der Waals surface area contributed by atoms with Gasteiger partial charge in [-0.3, -0.25) is 5.10 Å². The van der Waals surface area contributed by atoms with Crippen LogP contribution in [-0.4, -0.2) is 25.3 Å². The number of fused-ring (bicyclic) bond motifs is 1. The minimum atomic E-state index is 0.117. The third-order valence-electron chi connectivity index (χ3n) is 2.39. The van der Waals surface area contributed by atoms with Crippen LogP contribution < -0.4 is 0 Å². The Morgan fingerprint density at radius 2 is 2.00 bits per heavy atom. The predicted molar refractivity (Wildman–Crippen MR) is 63.8 cm³/mol. The number of para-hydroxylation sites is 1. The first-order valence-electron chi connectivity index (χ1n) is 4.91. The molecule has 0 fully saturated rings. The summed E-state index contributed by atoms with van der Waals surface area (Å²) in [6.07, 6.45) is 1.63. The van der Waals surface area contributed by atoms with Gasteiger partial charge in [0.15, 0.2) is 11.0 Å². The third kappa shape index (κ3) is 1.60. The number of nitrogens with one attached hydrogen (secondary N) is 1. The molecule has 2 heterocycles. The molecule has 1 aromatic carbocycles. The maximum absolute atomic E-state index is 9.73. The number of aromatic hydroxyl groups is 1. The average Bonchev–Trinajstić information content (AvgIpc) is 2.78. The Morgan fingerprint density at radius 3 is 2.82 bits per heavy atom. The summed E-state index contributed by atoms with van der Waals surface area (Å²) in [6.45, 7) is 0. The maximum Gasteiger partial charge on any atom is 0.165 e. The minimum Gasteiger partial charge on any atom is -0.507 e. The standard InChI is InChI=1S/C11H7ClN4O/c12-10-9-7(5-13-16-9)14-11(15-10)6-3-1-2-4-8(6)17/h1-5,17H,(H,13,16). The topological polar surface area (TPSA) is 74.7 Å². The Balaban J connectivity index is 2.28. The van der Waals surface area contributed by atoms with Gasteiger partial charge in [0.2, 0.25) is 0 Å². The van der Waals surface area contributed by atoms with E-state index < -0.39 is 0 Å². The van der Waals surface area contributed by atoms with Gasteiger partial charge in [-0.2, -0.15) is 5.10 Å². The number of benzene rings is 1. The van der Waals surface area contributed by atoms with Crippen molar-refractivity contribution in [3.8, 4) is 17.1 Å². The van der Waals surface area contributed by atoms with E-state index in [0.717, 1.165) is 0 Å². The zero-order valence-electron chi connectivity index (χ0n) is 8.55. The maximum atomic E-state index is 9.73. The van der Waals surface area contributed by atoms with E-state index >= 15 is 0 Å². The lowest BCUT2D eigenvalue weighted by molar-refractivity contribution is 0.477. The van der Waals surface area contributed by atoms with Crippen LogP contribution in [0.15, 0.2) is 30.5 Å². The van der Waals surface area contributed by atoms with Crippen molar-refractivity contribution in [2.24, 2.45) is 0 Å². The second-order valence-electron chi connectivity index (χ2n) is 3.47. The number of hydrogen-bond acceptors (Lipinski definition) is 4. The first-order chi connectivity index (χ1) is 8.25. The van der Waals surface area contributed by atoms with Crippen molar-refractivity contribution in [1.82, 2.24) is 20.2 Å². The van der Waals surface area contributed by atoms with Crippen LogP contribution in [0.4, 0.5) is 0 Å². The Bertz CT molecular complexity index is 695. The summed E-state index contributed by atoms with van der Waals surface area (Å²) >= 11 is 5.99. The second-order valence-corrected chi connectivity index (χ2v) is 3.83. The van der Waals surface area contributed by atoms with Gasteiger partial charge in [0.1, 0.15) is 16.8 Å². The Labute approximate surface area is 101 Å². The van der Waals surface area contributed by atoms with Gasteiger partial charge >= 0.3 is 0 Å². The Kier molecular flexibility index (Phi) is 2.19. The second kappa shape index (κ2) is 3.71. The van der Waals surface area contributed by atoms with Gasteiger partial charge in [0, 0.05) is 6.20 Å². The number of rotatable bonds is 1. The molecule has 0 radical (unpaired) electrons. The third-order valence-corrected chi connectivity index (χ3v) is 2.65. The summed E-state index contributed by atoms with van der Waals surface area (Å²) < 4.78 is 0. The highest BCUT2D eigenvalue weighted by molar-refractivity contribution is 6.33. The van der Waals surface area contributed by atoms with Crippen molar-refractivity contribution in [2.75, 3.05) is 0 Å². The number of halogens is 1. The lowest BCUT2D eigenvalue weighted by atomic mass is 10.2. The van der Waals surface area contributed by atoms with Gasteiger partial charge in [-0.25, -0.2) is 9.97 Å². The van der Waals surface area contributed by atoms with Gasteiger partial charge in [-0.05, 0) is 12.1 Å². The van der Waals surface area contributed by atoms with E-state index in [0.29, 0.717) is 22.4 Å². The molecule has 3 aromatic rings. The van der Waals surface area contributed by atoms with Crippen LogP contribution in [-0.2, 0) is 0 Å². The molecule has 0 bridgehead atoms.